The third kappa shape index (κ3) is 8.17. The lowest BCUT2D eigenvalue weighted by Crippen LogP contribution is -2.40. The quantitative estimate of drug-likeness (QED) is 0.137. The molecule has 2 aromatic rings. The van der Waals surface area contributed by atoms with Gasteiger partial charge in [-0.05, 0) is 23.6 Å². The average Bonchev–Trinajstić information content (AvgIpc) is 2.67. The van der Waals surface area contributed by atoms with Crippen LogP contribution in [0.15, 0.2) is 53.5 Å². The van der Waals surface area contributed by atoms with Crippen molar-refractivity contribution in [2.75, 3.05) is 26.8 Å². The van der Waals surface area contributed by atoms with E-state index in [2.05, 4.69) is 15.6 Å². The molecule has 0 bridgehead atoms. The van der Waals surface area contributed by atoms with Gasteiger partial charge in [-0.1, -0.05) is 30.3 Å². The van der Waals surface area contributed by atoms with Gasteiger partial charge in [-0.3, -0.25) is 10.1 Å². The number of halogens is 2. The molecule has 7 nitrogen and oxygen atoms in total. The zero-order chi connectivity index (χ0) is 19.5. The van der Waals surface area contributed by atoms with Crippen LogP contribution in [-0.2, 0) is 17.7 Å². The topological polar surface area (TPSA) is 88.8 Å². The van der Waals surface area contributed by atoms with E-state index in [1.807, 2.05) is 0 Å². The zero-order valence-electron chi connectivity index (χ0n) is 15.6. The minimum atomic E-state index is -0.435. The predicted octanol–water partition coefficient (Wildman–Crippen LogP) is 3.28. The summed E-state index contributed by atoms with van der Waals surface area (Å²) in [5.74, 6) is 0.345. The maximum Gasteiger partial charge on any atom is 0.269 e. The number of guanidine groups is 1. The number of nitrogens with zero attached hydrogens (tertiary/aromatic N) is 2. The number of benzene rings is 2. The molecule has 0 spiro atoms. The number of hydrogen-bond acceptors (Lipinski definition) is 4. The molecule has 2 N–H and O–H groups in total. The van der Waals surface area contributed by atoms with E-state index in [-0.39, 0.29) is 35.5 Å². The van der Waals surface area contributed by atoms with Crippen molar-refractivity contribution in [3.8, 4) is 0 Å². The van der Waals surface area contributed by atoms with Crippen LogP contribution in [0, 0.1) is 15.9 Å². The van der Waals surface area contributed by atoms with Gasteiger partial charge in [0.25, 0.3) is 5.69 Å². The highest BCUT2D eigenvalue weighted by atomic mass is 127. The Labute approximate surface area is 180 Å². The lowest BCUT2D eigenvalue weighted by atomic mass is 10.1. The summed E-state index contributed by atoms with van der Waals surface area (Å²) in [6.45, 7) is 1.97. The monoisotopic (exact) mass is 502 g/mol. The number of methoxy groups -OCH3 is 1. The lowest BCUT2D eigenvalue weighted by Gasteiger charge is -2.13. The van der Waals surface area contributed by atoms with Gasteiger partial charge in [0.05, 0.1) is 18.1 Å². The second kappa shape index (κ2) is 13.0. The van der Waals surface area contributed by atoms with Gasteiger partial charge >= 0.3 is 0 Å². The number of nitrogens with one attached hydrogen (secondary N) is 2. The number of ether oxygens (including phenoxy) is 1. The zero-order valence-corrected chi connectivity index (χ0v) is 17.9. The molecule has 0 aliphatic carbocycles. The van der Waals surface area contributed by atoms with Crippen molar-refractivity contribution in [3.63, 3.8) is 0 Å². The Bertz CT molecular complexity index is 772. The fourth-order valence-corrected chi connectivity index (χ4v) is 2.36. The van der Waals surface area contributed by atoms with Crippen LogP contribution in [0.1, 0.15) is 11.1 Å². The van der Waals surface area contributed by atoms with E-state index in [1.54, 1.807) is 37.4 Å². The summed E-state index contributed by atoms with van der Waals surface area (Å²) in [5.41, 5.74) is 1.53. The smallest absolute Gasteiger partial charge is 0.269 e. The van der Waals surface area contributed by atoms with E-state index in [0.717, 1.165) is 5.56 Å². The Hall–Kier alpha value is -2.27. The Kier molecular flexibility index (Phi) is 11.0. The van der Waals surface area contributed by atoms with E-state index in [0.29, 0.717) is 44.2 Å². The number of nitro groups is 1. The second-order valence-corrected chi connectivity index (χ2v) is 5.78. The standard InChI is InChI=1S/C19H23FN4O3.HI/c1-27-13-12-22-19(21-11-10-16-4-2-3-5-18(16)20)23-14-15-6-8-17(9-7-15)24(25)26;/h2-9H,10-14H2,1H3,(H2,21,22,23);1H. The first-order chi connectivity index (χ1) is 13.1. The molecule has 0 aliphatic rings. The van der Waals surface area contributed by atoms with Crippen molar-refractivity contribution in [1.29, 1.82) is 0 Å². The van der Waals surface area contributed by atoms with E-state index >= 15 is 0 Å². The Morgan fingerprint density at radius 3 is 2.46 bits per heavy atom. The van der Waals surface area contributed by atoms with Gasteiger partial charge in [0.15, 0.2) is 5.96 Å². The minimum Gasteiger partial charge on any atom is -0.383 e. The normalized spacial score (nSPS) is 10.9. The van der Waals surface area contributed by atoms with Crippen molar-refractivity contribution in [2.24, 2.45) is 4.99 Å². The molecule has 28 heavy (non-hydrogen) atoms. The third-order valence-corrected chi connectivity index (χ3v) is 3.81. The fraction of sp³-hybridized carbons (Fsp3) is 0.316. The van der Waals surface area contributed by atoms with Gasteiger partial charge in [-0.25, -0.2) is 9.38 Å². The van der Waals surface area contributed by atoms with E-state index in [1.165, 1.54) is 18.2 Å². The van der Waals surface area contributed by atoms with Crippen molar-refractivity contribution in [1.82, 2.24) is 10.6 Å². The van der Waals surface area contributed by atoms with E-state index < -0.39 is 4.92 Å². The molecule has 0 unspecified atom stereocenters. The molecule has 9 heteroatoms. The second-order valence-electron chi connectivity index (χ2n) is 5.78. The number of hydrogen-bond donors (Lipinski definition) is 2. The summed E-state index contributed by atoms with van der Waals surface area (Å²) < 4.78 is 18.7. The van der Waals surface area contributed by atoms with Crippen LogP contribution in [0.4, 0.5) is 10.1 Å². The summed E-state index contributed by atoms with van der Waals surface area (Å²) >= 11 is 0. The van der Waals surface area contributed by atoms with Crippen molar-refractivity contribution in [3.05, 3.63) is 75.6 Å². The molecule has 0 atom stereocenters. The first-order valence-corrected chi connectivity index (χ1v) is 8.58. The first kappa shape index (κ1) is 23.8. The molecule has 2 aromatic carbocycles. The molecule has 0 amide bonds. The van der Waals surface area contributed by atoms with Crippen LogP contribution in [0.25, 0.3) is 0 Å². The third-order valence-electron chi connectivity index (χ3n) is 3.81. The molecule has 0 radical (unpaired) electrons. The summed E-state index contributed by atoms with van der Waals surface area (Å²) in [6, 6.07) is 12.9. The van der Waals surface area contributed by atoms with E-state index in [9.17, 15) is 14.5 Å². The Morgan fingerprint density at radius 2 is 1.82 bits per heavy atom. The summed E-state index contributed by atoms with van der Waals surface area (Å²) in [7, 11) is 1.61. The first-order valence-electron chi connectivity index (χ1n) is 8.58. The minimum absolute atomic E-state index is 0. The van der Waals surface area contributed by atoms with Gasteiger partial charge in [-0.2, -0.15) is 0 Å². The SMILES string of the molecule is COCCNC(=NCc1ccc([N+](=O)[O-])cc1)NCCc1ccccc1F.I. The molecular formula is C19H24FIN4O3. The molecule has 0 fully saturated rings. The van der Waals surface area contributed by atoms with Crippen molar-refractivity contribution >= 4 is 35.6 Å². The molecule has 0 aromatic heterocycles. The fourth-order valence-electron chi connectivity index (χ4n) is 2.36. The number of aliphatic imine (C=N–C) groups is 1. The number of non-ortho nitro benzene ring substituents is 1. The maximum absolute atomic E-state index is 13.7. The van der Waals surface area contributed by atoms with Gasteiger partial charge in [0.1, 0.15) is 5.82 Å². The van der Waals surface area contributed by atoms with Crippen LogP contribution in [0.3, 0.4) is 0 Å². The van der Waals surface area contributed by atoms with Crippen molar-refractivity contribution in [2.45, 2.75) is 13.0 Å². The van der Waals surface area contributed by atoms with Gasteiger partial charge in [0, 0.05) is 32.3 Å². The molecular weight excluding hydrogens is 478 g/mol. The molecule has 0 heterocycles. The number of nitro benzene ring substituents is 1. The highest BCUT2D eigenvalue weighted by Gasteiger charge is 2.05. The summed E-state index contributed by atoms with van der Waals surface area (Å²) in [4.78, 5) is 14.7. The summed E-state index contributed by atoms with van der Waals surface area (Å²) in [5, 5.41) is 17.0. The highest BCUT2D eigenvalue weighted by molar-refractivity contribution is 14.0. The maximum atomic E-state index is 13.7. The number of rotatable bonds is 9. The van der Waals surface area contributed by atoms with Gasteiger partial charge < -0.3 is 15.4 Å². The van der Waals surface area contributed by atoms with Gasteiger partial charge in [-0.15, -0.1) is 24.0 Å². The molecule has 0 aliphatic heterocycles. The van der Waals surface area contributed by atoms with Crippen LogP contribution in [0.5, 0.6) is 0 Å². The van der Waals surface area contributed by atoms with Crippen LogP contribution >= 0.6 is 24.0 Å². The van der Waals surface area contributed by atoms with E-state index in [4.69, 9.17) is 4.74 Å². The molecule has 152 valence electrons. The lowest BCUT2D eigenvalue weighted by molar-refractivity contribution is -0.384. The van der Waals surface area contributed by atoms with Gasteiger partial charge in [0.2, 0.25) is 0 Å². The highest BCUT2D eigenvalue weighted by Crippen LogP contribution is 2.12. The average molecular weight is 502 g/mol. The van der Waals surface area contributed by atoms with Crippen LogP contribution in [0.2, 0.25) is 0 Å². The molecule has 0 saturated carbocycles. The van der Waals surface area contributed by atoms with Crippen molar-refractivity contribution < 1.29 is 14.1 Å². The van der Waals surface area contributed by atoms with Crippen LogP contribution < -0.4 is 10.6 Å². The largest absolute Gasteiger partial charge is 0.383 e. The Morgan fingerprint density at radius 1 is 1.14 bits per heavy atom. The molecule has 0 saturated heterocycles. The predicted molar refractivity (Wildman–Crippen MR) is 118 cm³/mol. The summed E-state index contributed by atoms with van der Waals surface area (Å²) in [6.07, 6.45) is 0.523. The van der Waals surface area contributed by atoms with Crippen LogP contribution in [-0.4, -0.2) is 37.7 Å². The molecule has 2 rings (SSSR count). The Balaban J connectivity index is 0.00000392.